The third-order valence-electron chi connectivity index (χ3n) is 4.12. The van der Waals surface area contributed by atoms with Gasteiger partial charge in [0.25, 0.3) is 0 Å². The van der Waals surface area contributed by atoms with Gasteiger partial charge in [-0.3, -0.25) is 0 Å². The van der Waals surface area contributed by atoms with Crippen LogP contribution in [0.1, 0.15) is 51.5 Å². The number of nitrogens with one attached hydrogen (secondary N) is 1. The molecule has 0 bridgehead atoms. The molecule has 0 saturated heterocycles. The molecular formula is C16H25N. The maximum atomic E-state index is 3.76. The topological polar surface area (TPSA) is 12.0 Å². The summed E-state index contributed by atoms with van der Waals surface area (Å²) in [4.78, 5) is 0. The summed E-state index contributed by atoms with van der Waals surface area (Å²) in [7, 11) is 0. The van der Waals surface area contributed by atoms with Gasteiger partial charge in [0, 0.05) is 11.7 Å². The van der Waals surface area contributed by atoms with E-state index in [-0.39, 0.29) is 0 Å². The first-order chi connectivity index (χ1) is 8.33. The van der Waals surface area contributed by atoms with Gasteiger partial charge in [0.05, 0.1) is 0 Å². The van der Waals surface area contributed by atoms with Crippen LogP contribution in [0, 0.1) is 5.92 Å². The average Bonchev–Trinajstić information content (AvgIpc) is 2.39. The third kappa shape index (κ3) is 3.24. The minimum absolute atomic E-state index is 0.696. The predicted octanol–water partition coefficient (Wildman–Crippen LogP) is 4.63. The summed E-state index contributed by atoms with van der Waals surface area (Å²) in [6.07, 6.45) is 7.98. The fourth-order valence-electron chi connectivity index (χ4n) is 2.98. The van der Waals surface area contributed by atoms with Crippen molar-refractivity contribution in [1.29, 1.82) is 0 Å². The first kappa shape index (κ1) is 12.5. The monoisotopic (exact) mass is 231 g/mol. The molecule has 1 saturated carbocycles. The molecule has 2 rings (SSSR count). The Bertz CT molecular complexity index is 345. The maximum absolute atomic E-state index is 3.76. The van der Waals surface area contributed by atoms with Crippen molar-refractivity contribution in [3.63, 3.8) is 0 Å². The van der Waals surface area contributed by atoms with E-state index in [9.17, 15) is 0 Å². The molecule has 1 aromatic rings. The van der Waals surface area contributed by atoms with Crippen molar-refractivity contribution in [2.75, 3.05) is 5.32 Å². The van der Waals surface area contributed by atoms with Crippen molar-refractivity contribution in [1.82, 2.24) is 0 Å². The van der Waals surface area contributed by atoms with Crippen molar-refractivity contribution in [2.24, 2.45) is 5.92 Å². The van der Waals surface area contributed by atoms with Crippen LogP contribution in [0.25, 0.3) is 0 Å². The van der Waals surface area contributed by atoms with Crippen LogP contribution >= 0.6 is 0 Å². The second-order valence-electron chi connectivity index (χ2n) is 5.29. The number of aryl methyl sites for hydroxylation is 1. The van der Waals surface area contributed by atoms with Gasteiger partial charge in [-0.05, 0) is 36.8 Å². The first-order valence-corrected chi connectivity index (χ1v) is 7.18. The van der Waals surface area contributed by atoms with E-state index in [2.05, 4.69) is 43.4 Å². The van der Waals surface area contributed by atoms with E-state index < -0.39 is 0 Å². The van der Waals surface area contributed by atoms with Crippen molar-refractivity contribution in [3.05, 3.63) is 29.8 Å². The van der Waals surface area contributed by atoms with E-state index in [1.54, 1.807) is 0 Å². The molecule has 0 spiro atoms. The summed E-state index contributed by atoms with van der Waals surface area (Å²) in [5.74, 6) is 0.940. The van der Waals surface area contributed by atoms with Gasteiger partial charge in [0.15, 0.2) is 0 Å². The lowest BCUT2D eigenvalue weighted by Crippen LogP contribution is -2.27. The second-order valence-corrected chi connectivity index (χ2v) is 5.29. The molecule has 0 aliphatic heterocycles. The van der Waals surface area contributed by atoms with Crippen molar-refractivity contribution >= 4 is 5.69 Å². The molecular weight excluding hydrogens is 206 g/mol. The van der Waals surface area contributed by atoms with Crippen LogP contribution in [-0.4, -0.2) is 6.04 Å². The second kappa shape index (κ2) is 6.09. The number of rotatable bonds is 4. The van der Waals surface area contributed by atoms with Crippen LogP contribution < -0.4 is 5.32 Å². The molecule has 17 heavy (non-hydrogen) atoms. The minimum atomic E-state index is 0.696. The van der Waals surface area contributed by atoms with Gasteiger partial charge in [0.2, 0.25) is 0 Å². The minimum Gasteiger partial charge on any atom is -0.382 e. The molecule has 0 amide bonds. The van der Waals surface area contributed by atoms with Crippen LogP contribution in [0.5, 0.6) is 0 Å². The molecule has 0 heterocycles. The first-order valence-electron chi connectivity index (χ1n) is 7.18. The van der Waals surface area contributed by atoms with E-state index >= 15 is 0 Å². The van der Waals surface area contributed by atoms with Gasteiger partial charge < -0.3 is 5.32 Å². The molecule has 1 fully saturated rings. The normalized spacial score (nSPS) is 24.6. The number of anilines is 1. The highest BCUT2D eigenvalue weighted by Crippen LogP contribution is 2.29. The number of para-hydroxylation sites is 1. The number of hydrogen-bond donors (Lipinski definition) is 1. The Labute approximate surface area is 106 Å². The molecule has 1 heteroatoms. The molecule has 0 aromatic heterocycles. The lowest BCUT2D eigenvalue weighted by atomic mass is 9.84. The zero-order chi connectivity index (χ0) is 12.1. The fraction of sp³-hybridized carbons (Fsp3) is 0.625. The lowest BCUT2D eigenvalue weighted by molar-refractivity contribution is 0.327. The summed E-state index contributed by atoms with van der Waals surface area (Å²) < 4.78 is 0. The molecule has 1 N–H and O–H groups in total. The van der Waals surface area contributed by atoms with E-state index in [1.165, 1.54) is 43.4 Å². The zero-order valence-electron chi connectivity index (χ0n) is 11.2. The Morgan fingerprint density at radius 1 is 1.18 bits per heavy atom. The van der Waals surface area contributed by atoms with Crippen LogP contribution in [0.15, 0.2) is 24.3 Å². The molecule has 2 unspecified atom stereocenters. The van der Waals surface area contributed by atoms with E-state index in [0.29, 0.717) is 6.04 Å². The van der Waals surface area contributed by atoms with Gasteiger partial charge in [-0.1, -0.05) is 51.3 Å². The summed E-state index contributed by atoms with van der Waals surface area (Å²) >= 11 is 0. The quantitative estimate of drug-likeness (QED) is 0.796. The van der Waals surface area contributed by atoms with Gasteiger partial charge in [0.1, 0.15) is 0 Å². The molecule has 2 atom stereocenters. The van der Waals surface area contributed by atoms with E-state index in [4.69, 9.17) is 0 Å². The van der Waals surface area contributed by atoms with Gasteiger partial charge >= 0.3 is 0 Å². The summed E-state index contributed by atoms with van der Waals surface area (Å²) in [6.45, 7) is 4.56. The Balaban J connectivity index is 2.00. The maximum Gasteiger partial charge on any atom is 0.0374 e. The lowest BCUT2D eigenvalue weighted by Gasteiger charge is -2.30. The molecule has 1 aromatic carbocycles. The van der Waals surface area contributed by atoms with Gasteiger partial charge in [-0.25, -0.2) is 0 Å². The van der Waals surface area contributed by atoms with Crippen LogP contribution in [0.3, 0.4) is 0 Å². The predicted molar refractivity (Wildman–Crippen MR) is 75.5 cm³/mol. The SMILES string of the molecule is CCc1ccccc1NC1CCCC(CC)C1. The summed E-state index contributed by atoms with van der Waals surface area (Å²) in [6, 6.07) is 9.44. The van der Waals surface area contributed by atoms with Crippen molar-refractivity contribution < 1.29 is 0 Å². The Kier molecular flexibility index (Phi) is 4.47. The Hall–Kier alpha value is -0.980. The van der Waals surface area contributed by atoms with Gasteiger partial charge in [-0.2, -0.15) is 0 Å². The highest BCUT2D eigenvalue weighted by molar-refractivity contribution is 5.51. The standard InChI is InChI=1S/C16H25N/c1-3-13-8-7-10-15(12-13)17-16-11-6-5-9-14(16)4-2/h5-6,9,11,13,15,17H,3-4,7-8,10,12H2,1-2H3. The van der Waals surface area contributed by atoms with E-state index in [1.807, 2.05) is 0 Å². The Morgan fingerprint density at radius 3 is 2.76 bits per heavy atom. The zero-order valence-corrected chi connectivity index (χ0v) is 11.2. The largest absolute Gasteiger partial charge is 0.382 e. The van der Waals surface area contributed by atoms with Crippen LogP contribution in [-0.2, 0) is 6.42 Å². The Morgan fingerprint density at radius 2 is 2.00 bits per heavy atom. The smallest absolute Gasteiger partial charge is 0.0374 e. The average molecular weight is 231 g/mol. The fourth-order valence-corrected chi connectivity index (χ4v) is 2.98. The van der Waals surface area contributed by atoms with Crippen molar-refractivity contribution in [3.8, 4) is 0 Å². The molecule has 1 nitrogen and oxygen atoms in total. The van der Waals surface area contributed by atoms with Gasteiger partial charge in [-0.15, -0.1) is 0 Å². The highest BCUT2D eigenvalue weighted by atomic mass is 14.9. The summed E-state index contributed by atoms with van der Waals surface area (Å²) in [5, 5.41) is 3.76. The van der Waals surface area contributed by atoms with E-state index in [0.717, 1.165) is 12.3 Å². The molecule has 1 aliphatic rings. The van der Waals surface area contributed by atoms with Crippen LogP contribution in [0.4, 0.5) is 5.69 Å². The van der Waals surface area contributed by atoms with Crippen LogP contribution in [0.2, 0.25) is 0 Å². The third-order valence-corrected chi connectivity index (χ3v) is 4.12. The number of benzene rings is 1. The number of hydrogen-bond acceptors (Lipinski definition) is 1. The summed E-state index contributed by atoms with van der Waals surface area (Å²) in [5.41, 5.74) is 2.81. The highest BCUT2D eigenvalue weighted by Gasteiger charge is 2.20. The molecule has 0 radical (unpaired) electrons. The van der Waals surface area contributed by atoms with Crippen molar-refractivity contribution in [2.45, 2.75) is 58.4 Å². The molecule has 1 aliphatic carbocycles. The molecule has 94 valence electrons.